The lowest BCUT2D eigenvalue weighted by atomic mass is 10.2. The van der Waals surface area contributed by atoms with Gasteiger partial charge in [0, 0.05) is 23.1 Å². The molecular formula is C10H12BrN3O2. The molecule has 0 aliphatic carbocycles. The van der Waals surface area contributed by atoms with Crippen LogP contribution in [0, 0.1) is 0 Å². The number of rotatable bonds is 4. The topological polar surface area (TPSA) is 84.2 Å². The highest BCUT2D eigenvalue weighted by Gasteiger charge is 2.02. The Morgan fingerprint density at radius 3 is 2.44 bits per heavy atom. The van der Waals surface area contributed by atoms with Crippen LogP contribution < -0.4 is 16.4 Å². The fourth-order valence-corrected chi connectivity index (χ4v) is 1.49. The van der Waals surface area contributed by atoms with E-state index in [0.29, 0.717) is 23.1 Å². The van der Waals surface area contributed by atoms with Gasteiger partial charge in [0.25, 0.3) is 0 Å². The van der Waals surface area contributed by atoms with E-state index < -0.39 is 6.03 Å². The molecular weight excluding hydrogens is 274 g/mol. The molecule has 5 nitrogen and oxygen atoms in total. The molecule has 0 saturated carbocycles. The summed E-state index contributed by atoms with van der Waals surface area (Å²) < 4.78 is 0. The molecule has 0 aromatic heterocycles. The highest BCUT2D eigenvalue weighted by atomic mass is 79.9. The minimum atomic E-state index is -0.635. The standard InChI is InChI=1S/C10H12BrN3O2/c11-5-4-9(15)13-7-2-1-3-8(6-7)14-10(12)16/h1-3,6H,4-5H2,(H,13,15)(H3,12,14,16). The van der Waals surface area contributed by atoms with Crippen LogP contribution in [-0.2, 0) is 4.79 Å². The van der Waals surface area contributed by atoms with E-state index in [-0.39, 0.29) is 5.91 Å². The minimum Gasteiger partial charge on any atom is -0.351 e. The number of halogens is 1. The normalized spacial score (nSPS) is 9.56. The molecule has 0 saturated heterocycles. The van der Waals surface area contributed by atoms with Gasteiger partial charge in [0.15, 0.2) is 0 Å². The molecule has 16 heavy (non-hydrogen) atoms. The Labute approximate surface area is 102 Å². The van der Waals surface area contributed by atoms with Crippen molar-refractivity contribution in [2.75, 3.05) is 16.0 Å². The van der Waals surface area contributed by atoms with Crippen LogP contribution in [0.3, 0.4) is 0 Å². The average Bonchev–Trinajstić information content (AvgIpc) is 2.17. The van der Waals surface area contributed by atoms with E-state index in [4.69, 9.17) is 5.73 Å². The summed E-state index contributed by atoms with van der Waals surface area (Å²) >= 11 is 3.18. The van der Waals surface area contributed by atoms with Gasteiger partial charge in [0.2, 0.25) is 5.91 Å². The van der Waals surface area contributed by atoms with Crippen LogP contribution in [0.4, 0.5) is 16.2 Å². The quantitative estimate of drug-likeness (QED) is 0.738. The molecule has 0 atom stereocenters. The molecule has 1 rings (SSSR count). The fourth-order valence-electron chi connectivity index (χ4n) is 1.13. The minimum absolute atomic E-state index is 0.0897. The lowest BCUT2D eigenvalue weighted by Crippen LogP contribution is -2.19. The van der Waals surface area contributed by atoms with Crippen molar-refractivity contribution in [1.82, 2.24) is 0 Å². The predicted octanol–water partition coefficient (Wildman–Crippen LogP) is 1.90. The van der Waals surface area contributed by atoms with Gasteiger partial charge in [-0.05, 0) is 18.2 Å². The maximum Gasteiger partial charge on any atom is 0.316 e. The highest BCUT2D eigenvalue weighted by Crippen LogP contribution is 2.15. The molecule has 0 heterocycles. The van der Waals surface area contributed by atoms with Gasteiger partial charge in [-0.15, -0.1) is 0 Å². The lowest BCUT2D eigenvalue weighted by molar-refractivity contribution is -0.115. The number of nitrogens with one attached hydrogen (secondary N) is 2. The zero-order valence-electron chi connectivity index (χ0n) is 8.50. The van der Waals surface area contributed by atoms with Crippen LogP contribution in [0.5, 0.6) is 0 Å². The Balaban J connectivity index is 2.67. The molecule has 0 spiro atoms. The van der Waals surface area contributed by atoms with E-state index >= 15 is 0 Å². The van der Waals surface area contributed by atoms with Crippen molar-refractivity contribution in [2.24, 2.45) is 5.73 Å². The molecule has 86 valence electrons. The summed E-state index contributed by atoms with van der Waals surface area (Å²) in [5.74, 6) is -0.0897. The zero-order chi connectivity index (χ0) is 12.0. The molecule has 0 aliphatic rings. The molecule has 3 amide bonds. The van der Waals surface area contributed by atoms with Crippen LogP contribution in [-0.4, -0.2) is 17.3 Å². The van der Waals surface area contributed by atoms with Gasteiger partial charge in [0.1, 0.15) is 0 Å². The first kappa shape index (κ1) is 12.5. The maximum absolute atomic E-state index is 11.3. The van der Waals surface area contributed by atoms with Crippen LogP contribution in [0.1, 0.15) is 6.42 Å². The van der Waals surface area contributed by atoms with Crippen LogP contribution in [0.2, 0.25) is 0 Å². The third kappa shape index (κ3) is 4.31. The van der Waals surface area contributed by atoms with E-state index in [2.05, 4.69) is 26.6 Å². The van der Waals surface area contributed by atoms with E-state index in [1.54, 1.807) is 24.3 Å². The number of carbonyl (C=O) groups excluding carboxylic acids is 2. The number of alkyl halides is 1. The molecule has 0 unspecified atom stereocenters. The van der Waals surface area contributed by atoms with E-state index in [9.17, 15) is 9.59 Å². The maximum atomic E-state index is 11.3. The smallest absolute Gasteiger partial charge is 0.316 e. The third-order valence-corrected chi connectivity index (χ3v) is 2.13. The first-order chi connectivity index (χ1) is 7.61. The highest BCUT2D eigenvalue weighted by molar-refractivity contribution is 9.09. The Kier molecular flexibility index (Phi) is 4.78. The molecule has 0 bridgehead atoms. The number of amides is 3. The number of hydrogen-bond acceptors (Lipinski definition) is 2. The van der Waals surface area contributed by atoms with Crippen LogP contribution in [0.25, 0.3) is 0 Å². The monoisotopic (exact) mass is 285 g/mol. The van der Waals surface area contributed by atoms with Crippen LogP contribution in [0.15, 0.2) is 24.3 Å². The average molecular weight is 286 g/mol. The van der Waals surface area contributed by atoms with Gasteiger partial charge in [-0.3, -0.25) is 4.79 Å². The Bertz CT molecular complexity index is 395. The van der Waals surface area contributed by atoms with Crippen molar-refractivity contribution in [1.29, 1.82) is 0 Å². The van der Waals surface area contributed by atoms with Gasteiger partial charge >= 0.3 is 6.03 Å². The second kappa shape index (κ2) is 6.12. The van der Waals surface area contributed by atoms with Crippen LogP contribution >= 0.6 is 15.9 Å². The largest absolute Gasteiger partial charge is 0.351 e. The summed E-state index contributed by atoms with van der Waals surface area (Å²) in [6, 6.07) is 6.14. The van der Waals surface area contributed by atoms with E-state index in [0.717, 1.165) is 0 Å². The second-order valence-corrected chi connectivity index (χ2v) is 3.85. The number of benzene rings is 1. The molecule has 0 aliphatic heterocycles. The molecule has 6 heteroatoms. The number of nitrogens with two attached hydrogens (primary N) is 1. The second-order valence-electron chi connectivity index (χ2n) is 3.06. The van der Waals surface area contributed by atoms with Crippen molar-refractivity contribution in [2.45, 2.75) is 6.42 Å². The Hall–Kier alpha value is -1.56. The number of anilines is 2. The SMILES string of the molecule is NC(=O)Nc1cccc(NC(=O)CCBr)c1. The predicted molar refractivity (Wildman–Crippen MR) is 66.7 cm³/mol. The summed E-state index contributed by atoms with van der Waals surface area (Å²) in [5.41, 5.74) is 6.15. The van der Waals surface area contributed by atoms with Crippen molar-refractivity contribution < 1.29 is 9.59 Å². The Morgan fingerprint density at radius 2 is 1.88 bits per heavy atom. The van der Waals surface area contributed by atoms with Crippen molar-refractivity contribution in [3.63, 3.8) is 0 Å². The third-order valence-electron chi connectivity index (χ3n) is 1.74. The lowest BCUT2D eigenvalue weighted by Gasteiger charge is -2.06. The number of urea groups is 1. The van der Waals surface area contributed by atoms with E-state index in [1.807, 2.05) is 0 Å². The molecule has 0 radical (unpaired) electrons. The summed E-state index contributed by atoms with van der Waals surface area (Å²) in [4.78, 5) is 21.9. The van der Waals surface area contributed by atoms with Gasteiger partial charge in [-0.2, -0.15) is 0 Å². The molecule has 0 fully saturated rings. The number of carbonyl (C=O) groups is 2. The molecule has 1 aromatic carbocycles. The molecule has 1 aromatic rings. The number of primary amides is 1. The van der Waals surface area contributed by atoms with Gasteiger partial charge in [-0.1, -0.05) is 22.0 Å². The number of hydrogen-bond donors (Lipinski definition) is 3. The first-order valence-electron chi connectivity index (χ1n) is 4.64. The molecule has 4 N–H and O–H groups in total. The van der Waals surface area contributed by atoms with Crippen molar-refractivity contribution in [3.05, 3.63) is 24.3 Å². The van der Waals surface area contributed by atoms with Gasteiger partial charge in [0.05, 0.1) is 0 Å². The summed E-state index contributed by atoms with van der Waals surface area (Å²) in [6.45, 7) is 0. The van der Waals surface area contributed by atoms with E-state index in [1.165, 1.54) is 0 Å². The van der Waals surface area contributed by atoms with Crippen molar-refractivity contribution in [3.8, 4) is 0 Å². The van der Waals surface area contributed by atoms with Gasteiger partial charge < -0.3 is 16.4 Å². The van der Waals surface area contributed by atoms with Gasteiger partial charge in [-0.25, -0.2) is 4.79 Å². The zero-order valence-corrected chi connectivity index (χ0v) is 10.1. The van der Waals surface area contributed by atoms with Crippen molar-refractivity contribution >= 4 is 39.2 Å². The Morgan fingerprint density at radius 1 is 1.25 bits per heavy atom. The summed E-state index contributed by atoms with van der Waals surface area (Å²) in [7, 11) is 0. The summed E-state index contributed by atoms with van der Waals surface area (Å²) in [6.07, 6.45) is 0.396. The summed E-state index contributed by atoms with van der Waals surface area (Å²) in [5, 5.41) is 5.73. The fraction of sp³-hybridized carbons (Fsp3) is 0.200. The first-order valence-corrected chi connectivity index (χ1v) is 5.76.